The predicted molar refractivity (Wildman–Crippen MR) is 81.5 cm³/mol. The van der Waals surface area contributed by atoms with Gasteiger partial charge in [0.2, 0.25) is 0 Å². The average Bonchev–Trinajstić information content (AvgIpc) is 2.80. The van der Waals surface area contributed by atoms with Crippen molar-refractivity contribution in [2.75, 3.05) is 13.7 Å². The third kappa shape index (κ3) is 3.37. The quantitative estimate of drug-likeness (QED) is 0.639. The number of carbonyl (C=O) groups is 2. The molecule has 0 unspecified atom stereocenters. The van der Waals surface area contributed by atoms with Crippen LogP contribution in [-0.4, -0.2) is 30.2 Å². The highest BCUT2D eigenvalue weighted by Crippen LogP contribution is 2.24. The van der Waals surface area contributed by atoms with Gasteiger partial charge in [-0.15, -0.1) is 0 Å². The molecule has 0 aliphatic rings. The molecule has 0 atom stereocenters. The van der Waals surface area contributed by atoms with Gasteiger partial charge in [-0.1, -0.05) is 29.5 Å². The molecule has 21 heavy (non-hydrogen) atoms. The number of ether oxygens (including phenoxy) is 2. The summed E-state index contributed by atoms with van der Waals surface area (Å²) in [6.45, 7) is 1.37. The van der Waals surface area contributed by atoms with Gasteiger partial charge in [0.05, 0.1) is 7.11 Å². The lowest BCUT2D eigenvalue weighted by atomic mass is 10.3. The number of hydrogen-bond donors (Lipinski definition) is 0. The molecule has 5 nitrogen and oxygen atoms in total. The van der Waals surface area contributed by atoms with Crippen molar-refractivity contribution in [3.05, 3.63) is 44.9 Å². The van der Waals surface area contributed by atoms with Gasteiger partial charge in [0.25, 0.3) is 0 Å². The topological polar surface area (TPSA) is 57.5 Å². The fraction of sp³-hybridized carbons (Fsp3) is 0.214. The van der Waals surface area contributed by atoms with Crippen LogP contribution in [0, 0.1) is 10.9 Å². The third-order valence-corrected chi connectivity index (χ3v) is 4.24. The van der Waals surface area contributed by atoms with Crippen LogP contribution in [0.2, 0.25) is 0 Å². The summed E-state index contributed by atoms with van der Waals surface area (Å²) in [6, 6.07) is 9.49. The Balaban J connectivity index is 2.30. The number of aromatic nitrogens is 1. The first-order valence-corrected chi connectivity index (χ1v) is 7.29. The highest BCUT2D eigenvalue weighted by atomic mass is 32.1. The second-order valence-electron chi connectivity index (χ2n) is 4.11. The number of rotatable bonds is 4. The standard InChI is InChI=1S/C14H13NO4S2/c1-9-12(13(17)19-8-11(16)18-2)21-14(20)15(9)10-6-4-3-5-7-10/h3-7H,8H2,1-2H3. The van der Waals surface area contributed by atoms with E-state index in [1.165, 1.54) is 7.11 Å². The largest absolute Gasteiger partial charge is 0.466 e. The SMILES string of the molecule is COC(=O)COC(=O)c1sc(=S)n(-c2ccccc2)c1C. The number of methoxy groups -OCH3 is 1. The molecule has 1 aromatic carbocycles. The zero-order valence-corrected chi connectivity index (χ0v) is 13.1. The zero-order chi connectivity index (χ0) is 15.4. The van der Waals surface area contributed by atoms with Gasteiger partial charge in [0.1, 0.15) is 4.88 Å². The minimum Gasteiger partial charge on any atom is -0.466 e. The number of nitrogens with zero attached hydrogens (tertiary/aromatic N) is 1. The molecular formula is C14H13NO4S2. The van der Waals surface area contributed by atoms with E-state index in [4.69, 9.17) is 17.0 Å². The van der Waals surface area contributed by atoms with Gasteiger partial charge in [0.15, 0.2) is 10.6 Å². The number of hydrogen-bond acceptors (Lipinski definition) is 6. The van der Waals surface area contributed by atoms with Crippen LogP contribution in [0.5, 0.6) is 0 Å². The number of benzene rings is 1. The third-order valence-electron chi connectivity index (χ3n) is 2.78. The Labute approximate surface area is 130 Å². The van der Waals surface area contributed by atoms with E-state index in [9.17, 15) is 9.59 Å². The molecule has 0 N–H and O–H groups in total. The average molecular weight is 323 g/mol. The molecule has 0 fully saturated rings. The molecule has 2 aromatic rings. The molecule has 1 aromatic heterocycles. The molecule has 7 heteroatoms. The summed E-state index contributed by atoms with van der Waals surface area (Å²) in [6.07, 6.45) is 0. The van der Waals surface area contributed by atoms with Crippen LogP contribution < -0.4 is 0 Å². The van der Waals surface area contributed by atoms with Gasteiger partial charge in [0, 0.05) is 11.4 Å². The fourth-order valence-electron chi connectivity index (χ4n) is 1.76. The lowest BCUT2D eigenvalue weighted by Gasteiger charge is -2.06. The summed E-state index contributed by atoms with van der Waals surface area (Å²) in [5, 5.41) is 0. The second kappa shape index (κ2) is 6.64. The molecule has 2 rings (SSSR count). The number of para-hydroxylation sites is 1. The Morgan fingerprint density at radius 1 is 1.29 bits per heavy atom. The molecule has 0 aliphatic heterocycles. The van der Waals surface area contributed by atoms with Crippen molar-refractivity contribution in [2.24, 2.45) is 0 Å². The van der Waals surface area contributed by atoms with Gasteiger partial charge in [-0.2, -0.15) is 0 Å². The summed E-state index contributed by atoms with van der Waals surface area (Å²) in [5.41, 5.74) is 1.56. The van der Waals surface area contributed by atoms with E-state index in [1.807, 2.05) is 30.3 Å². The molecule has 0 bridgehead atoms. The van der Waals surface area contributed by atoms with E-state index in [0.29, 0.717) is 14.5 Å². The van der Waals surface area contributed by atoms with Crippen LogP contribution in [-0.2, 0) is 14.3 Å². The minimum atomic E-state index is -0.605. The minimum absolute atomic E-state index is 0.382. The van der Waals surface area contributed by atoms with Gasteiger partial charge in [-0.25, -0.2) is 9.59 Å². The van der Waals surface area contributed by atoms with Crippen molar-refractivity contribution in [3.63, 3.8) is 0 Å². The van der Waals surface area contributed by atoms with Crippen LogP contribution in [0.1, 0.15) is 15.4 Å². The van der Waals surface area contributed by atoms with Crippen molar-refractivity contribution in [2.45, 2.75) is 6.92 Å². The highest BCUT2D eigenvalue weighted by molar-refractivity contribution is 7.73. The van der Waals surface area contributed by atoms with Gasteiger partial charge in [-0.3, -0.25) is 4.57 Å². The zero-order valence-electron chi connectivity index (χ0n) is 11.5. The smallest absolute Gasteiger partial charge is 0.350 e. The lowest BCUT2D eigenvalue weighted by Crippen LogP contribution is -2.15. The summed E-state index contributed by atoms with van der Waals surface area (Å²) in [4.78, 5) is 23.4. The number of carbonyl (C=O) groups excluding carboxylic acids is 2. The monoisotopic (exact) mass is 323 g/mol. The van der Waals surface area contributed by atoms with E-state index in [1.54, 1.807) is 11.5 Å². The maximum atomic E-state index is 12.0. The maximum Gasteiger partial charge on any atom is 0.350 e. The molecule has 1 heterocycles. The van der Waals surface area contributed by atoms with E-state index >= 15 is 0 Å². The van der Waals surface area contributed by atoms with Crippen molar-refractivity contribution >= 4 is 35.5 Å². The van der Waals surface area contributed by atoms with Crippen molar-refractivity contribution in [3.8, 4) is 5.69 Å². The Hall–Kier alpha value is -1.99. The normalized spacial score (nSPS) is 10.2. The van der Waals surface area contributed by atoms with E-state index in [2.05, 4.69) is 4.74 Å². The predicted octanol–water partition coefficient (Wildman–Crippen LogP) is 2.91. The summed E-state index contributed by atoms with van der Waals surface area (Å²) in [7, 11) is 1.23. The van der Waals surface area contributed by atoms with Gasteiger partial charge in [-0.05, 0) is 31.3 Å². The molecule has 0 radical (unpaired) electrons. The fourth-order valence-corrected chi connectivity index (χ4v) is 3.14. The van der Waals surface area contributed by atoms with Gasteiger partial charge >= 0.3 is 11.9 Å². The summed E-state index contributed by atoms with van der Waals surface area (Å²) in [5.74, 6) is -1.18. The van der Waals surface area contributed by atoms with Gasteiger partial charge < -0.3 is 9.47 Å². The molecule has 110 valence electrons. The van der Waals surface area contributed by atoms with Crippen LogP contribution >= 0.6 is 23.6 Å². The highest BCUT2D eigenvalue weighted by Gasteiger charge is 2.19. The first kappa shape index (κ1) is 15.4. The number of thiazole rings is 1. The molecule has 0 saturated carbocycles. The van der Waals surface area contributed by atoms with Crippen LogP contribution in [0.15, 0.2) is 30.3 Å². The summed E-state index contributed by atoms with van der Waals surface area (Å²) < 4.78 is 11.7. The first-order chi connectivity index (χ1) is 10.0. The van der Waals surface area contributed by atoms with E-state index in [-0.39, 0.29) is 0 Å². The van der Waals surface area contributed by atoms with Crippen molar-refractivity contribution < 1.29 is 19.1 Å². The molecule has 0 saturated heterocycles. The van der Waals surface area contributed by atoms with E-state index in [0.717, 1.165) is 17.0 Å². The van der Waals surface area contributed by atoms with Crippen LogP contribution in [0.25, 0.3) is 5.69 Å². The van der Waals surface area contributed by atoms with Crippen LogP contribution in [0.4, 0.5) is 0 Å². The Kier molecular flexibility index (Phi) is 4.87. The summed E-state index contributed by atoms with van der Waals surface area (Å²) >= 11 is 6.46. The maximum absolute atomic E-state index is 12.0. The molecule has 0 aliphatic carbocycles. The Bertz CT molecular complexity index is 718. The molecular weight excluding hydrogens is 310 g/mol. The second-order valence-corrected chi connectivity index (χ2v) is 5.75. The van der Waals surface area contributed by atoms with Crippen LogP contribution in [0.3, 0.4) is 0 Å². The van der Waals surface area contributed by atoms with Crippen molar-refractivity contribution in [1.82, 2.24) is 4.57 Å². The van der Waals surface area contributed by atoms with E-state index < -0.39 is 18.5 Å². The molecule has 0 spiro atoms. The number of esters is 2. The first-order valence-electron chi connectivity index (χ1n) is 6.06. The lowest BCUT2D eigenvalue weighted by molar-refractivity contribution is -0.144. The Morgan fingerprint density at radius 3 is 2.57 bits per heavy atom. The molecule has 0 amide bonds. The Morgan fingerprint density at radius 2 is 1.95 bits per heavy atom. The van der Waals surface area contributed by atoms with Crippen molar-refractivity contribution in [1.29, 1.82) is 0 Å².